The first-order chi connectivity index (χ1) is 29.8. The van der Waals surface area contributed by atoms with E-state index in [1.54, 1.807) is 11.3 Å². The van der Waals surface area contributed by atoms with E-state index in [0.717, 1.165) is 75.5 Å². The number of hydrogen-bond donors (Lipinski definition) is 0. The van der Waals surface area contributed by atoms with Crippen LogP contribution in [0.15, 0.2) is 194 Å². The summed E-state index contributed by atoms with van der Waals surface area (Å²) >= 11 is 1.65. The van der Waals surface area contributed by atoms with Crippen LogP contribution in [0, 0.1) is 0 Å². The van der Waals surface area contributed by atoms with E-state index in [1.807, 2.05) is 54.6 Å². The molecule has 0 atom stereocenters. The van der Waals surface area contributed by atoms with Gasteiger partial charge in [0.1, 0.15) is 0 Å². The maximum absolute atomic E-state index is 8.90. The van der Waals surface area contributed by atoms with Gasteiger partial charge in [-0.15, -0.1) is 11.3 Å². The molecule has 4 nitrogen and oxygen atoms in total. The molecule has 0 aliphatic carbocycles. The van der Waals surface area contributed by atoms with Crippen LogP contribution in [0.4, 0.5) is 0 Å². The minimum Gasteiger partial charge on any atom is -0.309 e. The van der Waals surface area contributed by atoms with Crippen molar-refractivity contribution in [1.82, 2.24) is 19.5 Å². The molecule has 0 radical (unpaired) electrons. The lowest BCUT2D eigenvalue weighted by molar-refractivity contribution is 1.07. The van der Waals surface area contributed by atoms with Gasteiger partial charge >= 0.3 is 0 Å². The minimum atomic E-state index is -0.479. The lowest BCUT2D eigenvalue weighted by Gasteiger charge is -2.13. The molecule has 11 rings (SSSR count). The predicted molar refractivity (Wildman–Crippen MR) is 234 cm³/mol. The number of aromatic nitrogens is 4. The minimum absolute atomic E-state index is 0.00261. The summed E-state index contributed by atoms with van der Waals surface area (Å²) in [7, 11) is 0. The average Bonchev–Trinajstić information content (AvgIpc) is 3.85. The molecule has 0 unspecified atom stereocenters. The SMILES string of the molecule is [2H]c1c([2H])c([2H])c(-c2nc(-c3ccccc3)nc(-c3cc(-n4c5ccccc5c5cc(-c6ccccc6)ccc54)cc4c3sc3ccc(-c5ccccc5)cc34)n2)c([2H])c1[2H]. The summed E-state index contributed by atoms with van der Waals surface area (Å²) in [5, 5.41) is 4.34. The van der Waals surface area contributed by atoms with Crippen molar-refractivity contribution in [3.05, 3.63) is 194 Å². The van der Waals surface area contributed by atoms with Crippen LogP contribution in [0.5, 0.6) is 0 Å². The van der Waals surface area contributed by atoms with Crippen molar-refractivity contribution >= 4 is 53.3 Å². The van der Waals surface area contributed by atoms with Crippen LogP contribution in [0.3, 0.4) is 0 Å². The average molecular weight is 738 g/mol. The first-order valence-electron chi connectivity index (χ1n) is 20.9. The number of hydrogen-bond acceptors (Lipinski definition) is 4. The predicted octanol–water partition coefficient (Wildman–Crippen LogP) is 13.7. The summed E-state index contributed by atoms with van der Waals surface area (Å²) in [6.07, 6.45) is 0. The van der Waals surface area contributed by atoms with Crippen molar-refractivity contribution in [3.63, 3.8) is 0 Å². The van der Waals surface area contributed by atoms with Crippen molar-refractivity contribution in [2.75, 3.05) is 0 Å². The number of benzene rings is 8. The summed E-state index contributed by atoms with van der Waals surface area (Å²) < 4.78 is 47.4. The molecule has 0 amide bonds. The second kappa shape index (κ2) is 13.3. The lowest BCUT2D eigenvalue weighted by atomic mass is 10.0. The van der Waals surface area contributed by atoms with Crippen molar-refractivity contribution in [3.8, 4) is 62.1 Å². The van der Waals surface area contributed by atoms with E-state index in [2.05, 4.69) is 114 Å². The van der Waals surface area contributed by atoms with E-state index in [4.69, 9.17) is 21.8 Å². The summed E-state index contributed by atoms with van der Waals surface area (Å²) in [6, 6.07) is 54.1. The molecule has 0 saturated carbocycles. The van der Waals surface area contributed by atoms with E-state index in [-0.39, 0.29) is 23.5 Å². The van der Waals surface area contributed by atoms with Crippen LogP contribution in [0.25, 0.3) is 104 Å². The maximum Gasteiger partial charge on any atom is 0.165 e. The molecule has 3 aromatic heterocycles. The van der Waals surface area contributed by atoms with Gasteiger partial charge in [0.05, 0.1) is 17.9 Å². The standard InChI is InChI=1S/C51H32N4S/c1-5-15-33(16-6-1)37-25-27-46-41(29-37)40-23-13-14-24-45(40)55(46)39-31-43-42-30-38(34-17-7-2-8-18-34)26-28-47(42)56-48(43)44(32-39)51-53-49(35-19-9-3-10-20-35)52-50(54-51)36-21-11-4-12-22-36/h1-32H/i3D,9D,10D,19D,20D. The first-order valence-corrected chi connectivity index (χ1v) is 19.2. The highest BCUT2D eigenvalue weighted by molar-refractivity contribution is 7.26. The third kappa shape index (κ3) is 5.48. The van der Waals surface area contributed by atoms with E-state index in [1.165, 1.54) is 0 Å². The number of nitrogens with zero attached hydrogens (tertiary/aromatic N) is 4. The van der Waals surface area contributed by atoms with E-state index in [0.29, 0.717) is 17.2 Å². The lowest BCUT2D eigenvalue weighted by Crippen LogP contribution is -2.01. The van der Waals surface area contributed by atoms with Crippen molar-refractivity contribution in [2.24, 2.45) is 0 Å². The highest BCUT2D eigenvalue weighted by Gasteiger charge is 2.21. The smallest absolute Gasteiger partial charge is 0.165 e. The zero-order valence-corrected chi connectivity index (χ0v) is 30.6. The highest BCUT2D eigenvalue weighted by atomic mass is 32.1. The normalized spacial score (nSPS) is 12.8. The molecule has 0 saturated heterocycles. The topological polar surface area (TPSA) is 43.6 Å². The zero-order chi connectivity index (χ0) is 41.4. The van der Waals surface area contributed by atoms with Crippen LogP contribution in [-0.2, 0) is 0 Å². The van der Waals surface area contributed by atoms with Gasteiger partial charge in [-0.25, -0.2) is 15.0 Å². The van der Waals surface area contributed by atoms with Gasteiger partial charge in [-0.2, -0.15) is 0 Å². The molecular formula is C51H32N4S. The van der Waals surface area contributed by atoms with Crippen molar-refractivity contribution < 1.29 is 6.85 Å². The third-order valence-corrected chi connectivity index (χ3v) is 11.6. The molecule has 0 aliphatic rings. The Morgan fingerprint density at radius 2 is 0.982 bits per heavy atom. The van der Waals surface area contributed by atoms with Gasteiger partial charge in [-0.1, -0.05) is 152 Å². The second-order valence-corrected chi connectivity index (χ2v) is 14.7. The Bertz CT molecular complexity index is 3500. The van der Waals surface area contributed by atoms with Crippen LogP contribution < -0.4 is 0 Å². The molecule has 8 aromatic carbocycles. The second-order valence-electron chi connectivity index (χ2n) is 13.7. The van der Waals surface area contributed by atoms with Crippen LogP contribution in [0.1, 0.15) is 6.85 Å². The first kappa shape index (κ1) is 27.4. The quantitative estimate of drug-likeness (QED) is 0.171. The maximum atomic E-state index is 8.90. The fourth-order valence-electron chi connectivity index (χ4n) is 7.72. The van der Waals surface area contributed by atoms with Crippen LogP contribution >= 0.6 is 11.3 Å². The Balaban J connectivity index is 1.24. The fourth-order valence-corrected chi connectivity index (χ4v) is 8.89. The Hall–Kier alpha value is -7.21. The van der Waals surface area contributed by atoms with Crippen LogP contribution in [-0.4, -0.2) is 19.5 Å². The monoisotopic (exact) mass is 737 g/mol. The molecule has 0 spiro atoms. The molecule has 0 aliphatic heterocycles. The van der Waals surface area contributed by atoms with E-state index < -0.39 is 18.1 Å². The number of rotatable bonds is 6. The van der Waals surface area contributed by atoms with Crippen molar-refractivity contribution in [1.29, 1.82) is 0 Å². The molecule has 262 valence electrons. The Kier molecular flexibility index (Phi) is 6.49. The summed E-state index contributed by atoms with van der Waals surface area (Å²) in [5.74, 6) is 0.644. The Morgan fingerprint density at radius 3 is 1.70 bits per heavy atom. The van der Waals surface area contributed by atoms with Gasteiger partial charge in [0.2, 0.25) is 0 Å². The summed E-state index contributed by atoms with van der Waals surface area (Å²) in [4.78, 5) is 14.9. The Labute approximate surface area is 334 Å². The molecule has 3 heterocycles. The zero-order valence-electron chi connectivity index (χ0n) is 34.8. The summed E-state index contributed by atoms with van der Waals surface area (Å²) in [5.41, 5.74) is 8.81. The summed E-state index contributed by atoms with van der Waals surface area (Å²) in [6.45, 7) is 0. The van der Waals surface area contributed by atoms with Gasteiger partial charge in [0.25, 0.3) is 0 Å². The Morgan fingerprint density at radius 1 is 0.411 bits per heavy atom. The largest absolute Gasteiger partial charge is 0.309 e. The number of fused-ring (bicyclic) bond motifs is 6. The van der Waals surface area contributed by atoms with Gasteiger partial charge in [0.15, 0.2) is 17.5 Å². The highest BCUT2D eigenvalue weighted by Crippen LogP contribution is 2.44. The molecule has 0 bridgehead atoms. The van der Waals surface area contributed by atoms with E-state index >= 15 is 0 Å². The molecule has 56 heavy (non-hydrogen) atoms. The van der Waals surface area contributed by atoms with Gasteiger partial charge in [-0.3, -0.25) is 0 Å². The third-order valence-electron chi connectivity index (χ3n) is 10.3. The van der Waals surface area contributed by atoms with Gasteiger partial charge in [0, 0.05) is 53.3 Å². The molecule has 5 heteroatoms. The number of thiophene rings is 1. The van der Waals surface area contributed by atoms with Gasteiger partial charge < -0.3 is 4.57 Å². The van der Waals surface area contributed by atoms with Crippen molar-refractivity contribution in [2.45, 2.75) is 0 Å². The van der Waals surface area contributed by atoms with E-state index in [9.17, 15) is 0 Å². The molecule has 0 fully saturated rings. The fraction of sp³-hybridized carbons (Fsp3) is 0. The van der Waals surface area contributed by atoms with Gasteiger partial charge in [-0.05, 0) is 64.7 Å². The van der Waals surface area contributed by atoms with Crippen LogP contribution in [0.2, 0.25) is 0 Å². The molecule has 11 aromatic rings. The number of para-hydroxylation sites is 1. The molecular weight excluding hydrogens is 701 g/mol. The molecule has 0 N–H and O–H groups in total.